The molecule has 7 heteroatoms. The van der Waals surface area contributed by atoms with Crippen LogP contribution in [-0.4, -0.2) is 32.7 Å². The number of amides is 1. The van der Waals surface area contributed by atoms with Gasteiger partial charge < -0.3 is 9.73 Å². The number of carbonyl (C=O) groups excluding carboxylic acids is 1. The first-order chi connectivity index (χ1) is 9.80. The monoisotopic (exact) mass is 308 g/mol. The van der Waals surface area contributed by atoms with Crippen molar-refractivity contribution in [2.45, 2.75) is 11.8 Å². The average Bonchev–Trinajstić information content (AvgIpc) is 2.86. The molecule has 112 valence electrons. The summed E-state index contributed by atoms with van der Waals surface area (Å²) in [7, 11) is -0.544. The van der Waals surface area contributed by atoms with Gasteiger partial charge in [0.1, 0.15) is 5.76 Å². The van der Waals surface area contributed by atoms with E-state index in [9.17, 15) is 13.2 Å². The standard InChI is InChI=1S/C14H16N2O4S/c1-10-4-9-13(20-10)14(17)15-11-5-7-12(8-6-11)21(18,19)16(2)3/h4-9H,1-3H3,(H,15,17). The molecule has 2 aromatic rings. The van der Waals surface area contributed by atoms with E-state index in [-0.39, 0.29) is 16.6 Å². The number of nitrogens with one attached hydrogen (secondary N) is 1. The number of carbonyl (C=O) groups is 1. The van der Waals surface area contributed by atoms with Crippen LogP contribution in [0.15, 0.2) is 45.7 Å². The smallest absolute Gasteiger partial charge is 0.291 e. The summed E-state index contributed by atoms with van der Waals surface area (Å²) in [4.78, 5) is 12.1. The van der Waals surface area contributed by atoms with E-state index in [4.69, 9.17) is 4.42 Å². The predicted octanol–water partition coefficient (Wildman–Crippen LogP) is 2.09. The number of sulfonamides is 1. The zero-order valence-corrected chi connectivity index (χ0v) is 12.8. The average molecular weight is 308 g/mol. The number of rotatable bonds is 4. The molecule has 1 aromatic heterocycles. The highest BCUT2D eigenvalue weighted by Crippen LogP contribution is 2.17. The summed E-state index contributed by atoms with van der Waals surface area (Å²) in [6.45, 7) is 1.75. The quantitative estimate of drug-likeness (QED) is 0.938. The Morgan fingerprint density at radius 2 is 1.71 bits per heavy atom. The van der Waals surface area contributed by atoms with Gasteiger partial charge in [0.2, 0.25) is 10.0 Å². The van der Waals surface area contributed by atoms with Crippen molar-refractivity contribution < 1.29 is 17.6 Å². The molecular formula is C14H16N2O4S. The molecule has 0 fully saturated rings. The lowest BCUT2D eigenvalue weighted by Gasteiger charge is -2.11. The molecule has 21 heavy (non-hydrogen) atoms. The number of nitrogens with zero attached hydrogens (tertiary/aromatic N) is 1. The second-order valence-electron chi connectivity index (χ2n) is 4.68. The van der Waals surface area contributed by atoms with Crippen LogP contribution in [0.4, 0.5) is 5.69 Å². The number of hydrogen-bond donors (Lipinski definition) is 1. The SMILES string of the molecule is Cc1ccc(C(=O)Nc2ccc(S(=O)(=O)N(C)C)cc2)o1. The Hall–Kier alpha value is -2.12. The molecule has 0 bridgehead atoms. The Balaban J connectivity index is 2.15. The number of benzene rings is 1. The Labute approximate surface area is 123 Å². The van der Waals surface area contributed by atoms with Gasteiger partial charge >= 0.3 is 0 Å². The summed E-state index contributed by atoms with van der Waals surface area (Å²) in [5.74, 6) is 0.469. The lowest BCUT2D eigenvalue weighted by molar-refractivity contribution is 0.0995. The van der Waals surface area contributed by atoms with Crippen molar-refractivity contribution in [2.75, 3.05) is 19.4 Å². The molecule has 0 radical (unpaired) electrons. The van der Waals surface area contributed by atoms with Gasteiger partial charge in [-0.1, -0.05) is 0 Å². The lowest BCUT2D eigenvalue weighted by atomic mass is 10.3. The van der Waals surface area contributed by atoms with Crippen LogP contribution in [0.2, 0.25) is 0 Å². The zero-order valence-electron chi connectivity index (χ0n) is 12.0. The van der Waals surface area contributed by atoms with Gasteiger partial charge in [0.15, 0.2) is 5.76 Å². The Kier molecular flexibility index (Phi) is 4.15. The van der Waals surface area contributed by atoms with Crippen molar-refractivity contribution in [3.63, 3.8) is 0 Å². The second-order valence-corrected chi connectivity index (χ2v) is 6.83. The van der Waals surface area contributed by atoms with Gasteiger partial charge in [0.25, 0.3) is 5.91 Å². The summed E-state index contributed by atoms with van der Waals surface area (Å²) >= 11 is 0. The van der Waals surface area contributed by atoms with Crippen molar-refractivity contribution in [1.29, 1.82) is 0 Å². The number of anilines is 1. The van der Waals surface area contributed by atoms with Crippen molar-refractivity contribution in [3.8, 4) is 0 Å². The highest BCUT2D eigenvalue weighted by Gasteiger charge is 2.17. The molecule has 0 unspecified atom stereocenters. The van der Waals surface area contributed by atoms with E-state index in [1.165, 1.54) is 38.4 Å². The third kappa shape index (κ3) is 3.32. The minimum atomic E-state index is -3.47. The maximum atomic E-state index is 11.9. The number of aryl methyl sites for hydroxylation is 1. The molecule has 6 nitrogen and oxygen atoms in total. The third-order valence-electron chi connectivity index (χ3n) is 2.85. The Bertz CT molecular complexity index is 746. The molecule has 0 aliphatic rings. The molecule has 2 rings (SSSR count). The summed E-state index contributed by atoms with van der Waals surface area (Å²) < 4.78 is 30.2. The van der Waals surface area contributed by atoms with Crippen molar-refractivity contribution >= 4 is 21.6 Å². The maximum absolute atomic E-state index is 11.9. The van der Waals surface area contributed by atoms with E-state index in [2.05, 4.69) is 5.32 Å². The van der Waals surface area contributed by atoms with Crippen molar-refractivity contribution in [3.05, 3.63) is 47.9 Å². The third-order valence-corrected chi connectivity index (χ3v) is 4.68. The zero-order chi connectivity index (χ0) is 15.6. The van der Waals surface area contributed by atoms with Crippen molar-refractivity contribution in [2.24, 2.45) is 0 Å². The fourth-order valence-corrected chi connectivity index (χ4v) is 2.57. The van der Waals surface area contributed by atoms with Crippen LogP contribution in [0.3, 0.4) is 0 Å². The lowest BCUT2D eigenvalue weighted by Crippen LogP contribution is -2.22. The molecule has 0 saturated carbocycles. The molecule has 0 spiro atoms. The first-order valence-corrected chi connectivity index (χ1v) is 7.65. The highest BCUT2D eigenvalue weighted by atomic mass is 32.2. The minimum absolute atomic E-state index is 0.166. The van der Waals surface area contributed by atoms with E-state index in [1.807, 2.05) is 0 Å². The number of hydrogen-bond acceptors (Lipinski definition) is 4. The van der Waals surface area contributed by atoms with E-state index in [0.29, 0.717) is 11.4 Å². The van der Waals surface area contributed by atoms with Gasteiger partial charge in [-0.15, -0.1) is 0 Å². The second kappa shape index (κ2) is 5.71. The highest BCUT2D eigenvalue weighted by molar-refractivity contribution is 7.89. The molecule has 1 amide bonds. The molecule has 0 atom stereocenters. The van der Waals surface area contributed by atoms with Crippen LogP contribution in [-0.2, 0) is 10.0 Å². The summed E-state index contributed by atoms with van der Waals surface area (Å²) in [6.07, 6.45) is 0. The summed E-state index contributed by atoms with van der Waals surface area (Å²) in [6, 6.07) is 9.22. The van der Waals surface area contributed by atoms with Gasteiger partial charge in [-0.25, -0.2) is 12.7 Å². The topological polar surface area (TPSA) is 79.6 Å². The maximum Gasteiger partial charge on any atom is 0.291 e. The molecular weight excluding hydrogens is 292 g/mol. The Morgan fingerprint density at radius 1 is 1.10 bits per heavy atom. The number of furan rings is 1. The fraction of sp³-hybridized carbons (Fsp3) is 0.214. The molecule has 0 aliphatic heterocycles. The predicted molar refractivity (Wildman–Crippen MR) is 78.7 cm³/mol. The fourth-order valence-electron chi connectivity index (χ4n) is 1.67. The molecule has 1 aromatic carbocycles. The van der Waals surface area contributed by atoms with Crippen LogP contribution in [0.25, 0.3) is 0 Å². The summed E-state index contributed by atoms with van der Waals surface area (Å²) in [5, 5.41) is 2.64. The van der Waals surface area contributed by atoms with Crippen LogP contribution in [0.5, 0.6) is 0 Å². The molecule has 0 saturated heterocycles. The summed E-state index contributed by atoms with van der Waals surface area (Å²) in [5.41, 5.74) is 0.492. The molecule has 1 heterocycles. The van der Waals surface area contributed by atoms with Gasteiger partial charge in [-0.3, -0.25) is 4.79 Å². The van der Waals surface area contributed by atoms with E-state index >= 15 is 0 Å². The first-order valence-electron chi connectivity index (χ1n) is 6.21. The van der Waals surface area contributed by atoms with E-state index in [1.54, 1.807) is 19.1 Å². The van der Waals surface area contributed by atoms with Crippen molar-refractivity contribution in [1.82, 2.24) is 4.31 Å². The first kappa shape index (κ1) is 15.3. The van der Waals surface area contributed by atoms with Gasteiger partial charge in [-0.2, -0.15) is 0 Å². The Morgan fingerprint density at radius 3 is 2.19 bits per heavy atom. The van der Waals surface area contributed by atoms with Gasteiger partial charge in [-0.05, 0) is 43.3 Å². The van der Waals surface area contributed by atoms with Crippen LogP contribution < -0.4 is 5.32 Å². The van der Waals surface area contributed by atoms with Crippen LogP contribution in [0, 0.1) is 6.92 Å². The molecule has 1 N–H and O–H groups in total. The van der Waals surface area contributed by atoms with Gasteiger partial charge in [0, 0.05) is 19.8 Å². The normalized spacial score (nSPS) is 11.6. The largest absolute Gasteiger partial charge is 0.456 e. The molecule has 0 aliphatic carbocycles. The minimum Gasteiger partial charge on any atom is -0.456 e. The van der Waals surface area contributed by atoms with Crippen LogP contribution in [0.1, 0.15) is 16.3 Å². The van der Waals surface area contributed by atoms with E-state index in [0.717, 1.165) is 4.31 Å². The van der Waals surface area contributed by atoms with E-state index < -0.39 is 10.0 Å². The van der Waals surface area contributed by atoms with Gasteiger partial charge in [0.05, 0.1) is 4.90 Å². The van der Waals surface area contributed by atoms with Crippen LogP contribution >= 0.6 is 0 Å².